The predicted octanol–water partition coefficient (Wildman–Crippen LogP) is 1.82. The molecule has 0 unspecified atom stereocenters. The number of aryl methyl sites for hydroxylation is 2. The van der Waals surface area contributed by atoms with Crippen molar-refractivity contribution in [3.05, 3.63) is 59.2 Å². The molecule has 0 amide bonds. The molecule has 0 saturated carbocycles. The minimum Gasteiger partial charge on any atom is -0.299 e. The quantitative estimate of drug-likeness (QED) is 0.728. The van der Waals surface area contributed by atoms with Crippen molar-refractivity contribution in [2.45, 2.75) is 19.5 Å². The highest BCUT2D eigenvalue weighted by Crippen LogP contribution is 2.10. The molecule has 1 aromatic carbocycles. The molecular weight excluding hydrogens is 259 g/mol. The zero-order valence-electron chi connectivity index (χ0n) is 10.7. The van der Waals surface area contributed by atoms with Crippen LogP contribution in [-0.2, 0) is 13.1 Å². The first-order valence-electron chi connectivity index (χ1n) is 6.37. The lowest BCUT2D eigenvalue weighted by atomic mass is 10.2. The van der Waals surface area contributed by atoms with Gasteiger partial charge in [0.25, 0.3) is 5.56 Å². The molecular formula is C14H13FN4O. The fraction of sp³-hybridized carbons (Fsp3) is 0.214. The Morgan fingerprint density at radius 3 is 2.90 bits per heavy atom. The minimum absolute atomic E-state index is 0.0501. The van der Waals surface area contributed by atoms with Crippen LogP contribution in [0.1, 0.15) is 6.42 Å². The van der Waals surface area contributed by atoms with E-state index in [4.69, 9.17) is 0 Å². The van der Waals surface area contributed by atoms with Crippen molar-refractivity contribution >= 4 is 10.9 Å². The van der Waals surface area contributed by atoms with E-state index in [1.54, 1.807) is 23.0 Å². The summed E-state index contributed by atoms with van der Waals surface area (Å²) in [5, 5.41) is 4.14. The number of hydrogen-bond acceptors (Lipinski definition) is 3. The summed E-state index contributed by atoms with van der Waals surface area (Å²) < 4.78 is 16.9. The maximum atomic E-state index is 13.7. The van der Waals surface area contributed by atoms with Crippen LogP contribution in [0.5, 0.6) is 0 Å². The second-order valence-corrected chi connectivity index (χ2v) is 4.50. The molecule has 2 aromatic heterocycles. The number of benzene rings is 1. The number of rotatable bonds is 4. The Kier molecular flexibility index (Phi) is 3.28. The van der Waals surface area contributed by atoms with E-state index in [1.165, 1.54) is 17.0 Å². The number of halogens is 1. The highest BCUT2D eigenvalue weighted by Gasteiger charge is 2.08. The van der Waals surface area contributed by atoms with E-state index in [2.05, 4.69) is 10.1 Å². The number of fused-ring (bicyclic) bond motifs is 1. The van der Waals surface area contributed by atoms with Crippen LogP contribution in [0.2, 0.25) is 0 Å². The molecule has 2 heterocycles. The third kappa shape index (κ3) is 2.32. The van der Waals surface area contributed by atoms with E-state index in [0.29, 0.717) is 18.6 Å². The zero-order valence-corrected chi connectivity index (χ0v) is 10.7. The molecule has 0 saturated heterocycles. The van der Waals surface area contributed by atoms with Gasteiger partial charge in [-0.1, -0.05) is 6.07 Å². The van der Waals surface area contributed by atoms with Gasteiger partial charge < -0.3 is 0 Å². The monoisotopic (exact) mass is 272 g/mol. The molecule has 0 aliphatic carbocycles. The van der Waals surface area contributed by atoms with Gasteiger partial charge in [0.1, 0.15) is 11.2 Å². The van der Waals surface area contributed by atoms with E-state index >= 15 is 0 Å². The van der Waals surface area contributed by atoms with E-state index in [0.717, 1.165) is 6.42 Å². The molecule has 3 aromatic rings. The SMILES string of the molecule is O=c1c2c(F)cccc2ncn1CCCn1cccn1. The van der Waals surface area contributed by atoms with Crippen LogP contribution in [0, 0.1) is 5.82 Å². The van der Waals surface area contributed by atoms with Gasteiger partial charge in [0, 0.05) is 25.5 Å². The van der Waals surface area contributed by atoms with Crippen LogP contribution in [0.3, 0.4) is 0 Å². The largest absolute Gasteiger partial charge is 0.299 e. The third-order valence-corrected chi connectivity index (χ3v) is 3.15. The Bertz CT molecular complexity index is 779. The Labute approximate surface area is 114 Å². The fourth-order valence-corrected chi connectivity index (χ4v) is 2.16. The number of nitrogens with zero attached hydrogens (tertiary/aromatic N) is 4. The van der Waals surface area contributed by atoms with E-state index in [1.807, 2.05) is 12.3 Å². The van der Waals surface area contributed by atoms with Gasteiger partial charge in [-0.05, 0) is 24.6 Å². The molecule has 0 N–H and O–H groups in total. The molecule has 0 bridgehead atoms. The van der Waals surface area contributed by atoms with Crippen LogP contribution in [0.15, 0.2) is 47.8 Å². The van der Waals surface area contributed by atoms with Crippen LogP contribution >= 0.6 is 0 Å². The summed E-state index contributed by atoms with van der Waals surface area (Å²) in [6.07, 6.45) is 5.76. The first-order chi connectivity index (χ1) is 9.75. The molecule has 20 heavy (non-hydrogen) atoms. The molecule has 102 valence electrons. The molecule has 5 nitrogen and oxygen atoms in total. The van der Waals surface area contributed by atoms with Gasteiger partial charge >= 0.3 is 0 Å². The molecule has 0 aliphatic rings. The van der Waals surface area contributed by atoms with Crippen molar-refractivity contribution in [3.63, 3.8) is 0 Å². The molecule has 0 fully saturated rings. The second kappa shape index (κ2) is 5.24. The normalized spacial score (nSPS) is 11.1. The number of aromatic nitrogens is 4. The van der Waals surface area contributed by atoms with Gasteiger partial charge in [0.05, 0.1) is 11.8 Å². The van der Waals surface area contributed by atoms with Gasteiger partial charge in [0.15, 0.2) is 0 Å². The number of hydrogen-bond donors (Lipinski definition) is 0. The first-order valence-corrected chi connectivity index (χ1v) is 6.37. The average Bonchev–Trinajstić information content (AvgIpc) is 2.95. The lowest BCUT2D eigenvalue weighted by Gasteiger charge is -2.07. The summed E-state index contributed by atoms with van der Waals surface area (Å²) in [5.74, 6) is -0.526. The van der Waals surface area contributed by atoms with Crippen LogP contribution in [-0.4, -0.2) is 19.3 Å². The van der Waals surface area contributed by atoms with Crippen molar-refractivity contribution in [3.8, 4) is 0 Å². The van der Waals surface area contributed by atoms with Crippen molar-refractivity contribution < 1.29 is 4.39 Å². The molecule has 6 heteroatoms. The molecule has 3 rings (SSSR count). The van der Waals surface area contributed by atoms with Gasteiger partial charge in [-0.3, -0.25) is 14.0 Å². The van der Waals surface area contributed by atoms with Crippen molar-refractivity contribution in [1.82, 2.24) is 19.3 Å². The van der Waals surface area contributed by atoms with Crippen LogP contribution < -0.4 is 5.56 Å². The summed E-state index contributed by atoms with van der Waals surface area (Å²) in [6.45, 7) is 1.19. The van der Waals surface area contributed by atoms with Crippen LogP contribution in [0.25, 0.3) is 10.9 Å². The lowest BCUT2D eigenvalue weighted by molar-refractivity contribution is 0.517. The summed E-state index contributed by atoms with van der Waals surface area (Å²) in [4.78, 5) is 16.3. The van der Waals surface area contributed by atoms with Crippen molar-refractivity contribution in [1.29, 1.82) is 0 Å². The van der Waals surface area contributed by atoms with E-state index < -0.39 is 5.82 Å². The molecule has 0 atom stereocenters. The minimum atomic E-state index is -0.526. The highest BCUT2D eigenvalue weighted by molar-refractivity contribution is 5.77. The zero-order chi connectivity index (χ0) is 13.9. The summed E-state index contributed by atoms with van der Waals surface area (Å²) in [7, 11) is 0. The standard InChI is InChI=1S/C14H13FN4O/c15-11-4-1-5-12-13(11)14(20)18(10-16-12)7-3-9-19-8-2-6-17-19/h1-2,4-6,8,10H,3,7,9H2. The first kappa shape index (κ1) is 12.5. The summed E-state index contributed by atoms with van der Waals surface area (Å²) in [6, 6.07) is 6.30. The third-order valence-electron chi connectivity index (χ3n) is 3.15. The topological polar surface area (TPSA) is 52.7 Å². The Hall–Kier alpha value is -2.50. The molecule has 0 radical (unpaired) electrons. The van der Waals surface area contributed by atoms with Gasteiger partial charge in [0.2, 0.25) is 0 Å². The van der Waals surface area contributed by atoms with E-state index in [9.17, 15) is 9.18 Å². The van der Waals surface area contributed by atoms with Gasteiger partial charge in [-0.2, -0.15) is 5.10 Å². The van der Waals surface area contributed by atoms with Crippen LogP contribution in [0.4, 0.5) is 4.39 Å². The maximum absolute atomic E-state index is 13.7. The smallest absolute Gasteiger partial charge is 0.264 e. The van der Waals surface area contributed by atoms with Gasteiger partial charge in [-0.25, -0.2) is 9.37 Å². The summed E-state index contributed by atoms with van der Waals surface area (Å²) >= 11 is 0. The highest BCUT2D eigenvalue weighted by atomic mass is 19.1. The Morgan fingerprint density at radius 1 is 1.20 bits per heavy atom. The maximum Gasteiger partial charge on any atom is 0.264 e. The van der Waals surface area contributed by atoms with E-state index in [-0.39, 0.29) is 10.9 Å². The van der Waals surface area contributed by atoms with Crippen molar-refractivity contribution in [2.75, 3.05) is 0 Å². The predicted molar refractivity (Wildman–Crippen MR) is 72.8 cm³/mol. The Balaban J connectivity index is 1.83. The average molecular weight is 272 g/mol. The lowest BCUT2D eigenvalue weighted by Crippen LogP contribution is -2.22. The van der Waals surface area contributed by atoms with Crippen molar-refractivity contribution in [2.24, 2.45) is 0 Å². The summed E-state index contributed by atoms with van der Waals surface area (Å²) in [5.41, 5.74) is 0.0480. The van der Waals surface area contributed by atoms with Gasteiger partial charge in [-0.15, -0.1) is 0 Å². The Morgan fingerprint density at radius 2 is 2.10 bits per heavy atom. The fourth-order valence-electron chi connectivity index (χ4n) is 2.16. The second-order valence-electron chi connectivity index (χ2n) is 4.50. The molecule has 0 aliphatic heterocycles. The molecule has 0 spiro atoms.